The number of benzene rings is 3. The highest BCUT2D eigenvalue weighted by Crippen LogP contribution is 2.52. The molecule has 1 aliphatic carbocycles. The van der Waals surface area contributed by atoms with E-state index >= 15 is 0 Å². The summed E-state index contributed by atoms with van der Waals surface area (Å²) in [7, 11) is -2.99. The predicted octanol–water partition coefficient (Wildman–Crippen LogP) is 6.89. The zero-order valence-corrected chi connectivity index (χ0v) is 22.5. The van der Waals surface area contributed by atoms with Gasteiger partial charge in [-0.05, 0) is 66.6 Å². The molecule has 0 aliphatic heterocycles. The number of ether oxygens (including phenoxy) is 1. The van der Waals surface area contributed by atoms with E-state index in [1.807, 2.05) is 37.3 Å². The average Bonchev–Trinajstić information content (AvgIpc) is 2.85. The van der Waals surface area contributed by atoms with Gasteiger partial charge in [0.05, 0.1) is 12.4 Å². The molecule has 0 aromatic heterocycles. The van der Waals surface area contributed by atoms with Gasteiger partial charge in [-0.15, -0.1) is 0 Å². The molecule has 36 heavy (non-hydrogen) atoms. The van der Waals surface area contributed by atoms with Gasteiger partial charge in [-0.2, -0.15) is 0 Å². The van der Waals surface area contributed by atoms with Crippen LogP contribution in [0.4, 0.5) is 0 Å². The van der Waals surface area contributed by atoms with Crippen molar-refractivity contribution in [2.24, 2.45) is 0 Å². The summed E-state index contributed by atoms with van der Waals surface area (Å²) in [5.41, 5.74) is 3.70. The molecule has 1 unspecified atom stereocenters. The second-order valence-electron chi connectivity index (χ2n) is 9.74. The highest BCUT2D eigenvalue weighted by Gasteiger charge is 2.46. The third kappa shape index (κ3) is 6.70. The highest BCUT2D eigenvalue weighted by molar-refractivity contribution is 7.91. The van der Waals surface area contributed by atoms with Gasteiger partial charge < -0.3 is 10.1 Å². The number of sulfone groups is 1. The SMILES string of the molecule is CCCS(=O)(=O)CCCOc1cccc(C(NCc2ccccc2)C2(c3ccc(Cl)cc3)CCC2)c1. The third-order valence-corrected chi connectivity index (χ3v) is 9.34. The summed E-state index contributed by atoms with van der Waals surface area (Å²) < 4.78 is 30.0. The van der Waals surface area contributed by atoms with E-state index in [2.05, 4.69) is 53.8 Å². The lowest BCUT2D eigenvalue weighted by Crippen LogP contribution is -2.46. The van der Waals surface area contributed by atoms with Gasteiger partial charge in [-0.1, -0.05) is 79.5 Å². The van der Waals surface area contributed by atoms with Crippen LogP contribution in [0, 0.1) is 0 Å². The Morgan fingerprint density at radius 3 is 2.39 bits per heavy atom. The first kappa shape index (κ1) is 26.7. The van der Waals surface area contributed by atoms with Crippen LogP contribution in [0.25, 0.3) is 0 Å². The van der Waals surface area contributed by atoms with Crippen LogP contribution in [-0.2, 0) is 21.8 Å². The molecule has 1 saturated carbocycles. The van der Waals surface area contributed by atoms with Crippen LogP contribution in [0.15, 0.2) is 78.9 Å². The van der Waals surface area contributed by atoms with Gasteiger partial charge in [0.15, 0.2) is 0 Å². The Labute approximate surface area is 221 Å². The lowest BCUT2D eigenvalue weighted by Gasteiger charge is -2.49. The summed E-state index contributed by atoms with van der Waals surface area (Å²) in [5.74, 6) is 1.18. The van der Waals surface area contributed by atoms with E-state index in [1.54, 1.807) is 0 Å². The van der Waals surface area contributed by atoms with E-state index in [9.17, 15) is 8.42 Å². The van der Waals surface area contributed by atoms with Gasteiger partial charge in [0, 0.05) is 28.8 Å². The maximum absolute atomic E-state index is 12.0. The molecular formula is C30H36ClNO3S. The molecule has 0 heterocycles. The molecule has 4 rings (SSSR count). The Morgan fingerprint density at radius 2 is 1.72 bits per heavy atom. The molecule has 1 N–H and O–H groups in total. The fraction of sp³-hybridized carbons (Fsp3) is 0.400. The third-order valence-electron chi connectivity index (χ3n) is 7.15. The molecule has 0 spiro atoms. The van der Waals surface area contributed by atoms with E-state index in [-0.39, 0.29) is 23.0 Å². The Hall–Kier alpha value is -2.34. The molecule has 6 heteroatoms. The molecule has 0 saturated heterocycles. The Kier molecular flexibility index (Phi) is 9.10. The molecule has 3 aromatic rings. The minimum atomic E-state index is -2.99. The number of nitrogens with one attached hydrogen (secondary N) is 1. The molecule has 0 bridgehead atoms. The van der Waals surface area contributed by atoms with Gasteiger partial charge in [0.25, 0.3) is 0 Å². The highest BCUT2D eigenvalue weighted by atomic mass is 35.5. The quantitative estimate of drug-likeness (QED) is 0.247. The molecule has 0 amide bonds. The topological polar surface area (TPSA) is 55.4 Å². The summed E-state index contributed by atoms with van der Waals surface area (Å²) in [6.07, 6.45) is 4.53. The monoisotopic (exact) mass is 525 g/mol. The molecular weight excluding hydrogens is 490 g/mol. The number of halogens is 1. The molecule has 1 atom stereocenters. The van der Waals surface area contributed by atoms with E-state index in [1.165, 1.54) is 23.1 Å². The van der Waals surface area contributed by atoms with Crippen molar-refractivity contribution in [2.75, 3.05) is 18.1 Å². The zero-order valence-electron chi connectivity index (χ0n) is 21.0. The summed E-state index contributed by atoms with van der Waals surface area (Å²) in [6.45, 7) is 3.04. The molecule has 192 valence electrons. The Morgan fingerprint density at radius 1 is 0.972 bits per heavy atom. The van der Waals surface area contributed by atoms with Crippen LogP contribution in [-0.4, -0.2) is 26.5 Å². The molecule has 0 radical (unpaired) electrons. The first-order valence-electron chi connectivity index (χ1n) is 12.9. The lowest BCUT2D eigenvalue weighted by molar-refractivity contribution is 0.168. The van der Waals surface area contributed by atoms with Crippen molar-refractivity contribution in [1.82, 2.24) is 5.32 Å². The molecule has 1 aliphatic rings. The van der Waals surface area contributed by atoms with E-state index in [4.69, 9.17) is 16.3 Å². The maximum atomic E-state index is 12.0. The predicted molar refractivity (Wildman–Crippen MR) is 149 cm³/mol. The van der Waals surface area contributed by atoms with Crippen molar-refractivity contribution in [2.45, 2.75) is 57.0 Å². The van der Waals surface area contributed by atoms with Crippen LogP contribution in [0.1, 0.15) is 61.8 Å². The molecule has 1 fully saturated rings. The fourth-order valence-electron chi connectivity index (χ4n) is 5.20. The van der Waals surface area contributed by atoms with Crippen LogP contribution >= 0.6 is 11.6 Å². The average molecular weight is 526 g/mol. The van der Waals surface area contributed by atoms with E-state index in [0.717, 1.165) is 30.2 Å². The van der Waals surface area contributed by atoms with Crippen molar-refractivity contribution in [3.63, 3.8) is 0 Å². The van der Waals surface area contributed by atoms with Gasteiger partial charge in [-0.25, -0.2) is 8.42 Å². The van der Waals surface area contributed by atoms with Crippen molar-refractivity contribution < 1.29 is 13.2 Å². The molecule has 3 aromatic carbocycles. The summed E-state index contributed by atoms with van der Waals surface area (Å²) >= 11 is 6.22. The van der Waals surface area contributed by atoms with Gasteiger partial charge in [0.2, 0.25) is 0 Å². The van der Waals surface area contributed by atoms with Crippen LogP contribution in [0.5, 0.6) is 5.75 Å². The smallest absolute Gasteiger partial charge is 0.150 e. The van der Waals surface area contributed by atoms with E-state index in [0.29, 0.717) is 19.4 Å². The van der Waals surface area contributed by atoms with Crippen LogP contribution in [0.3, 0.4) is 0 Å². The first-order chi connectivity index (χ1) is 17.4. The van der Waals surface area contributed by atoms with Crippen molar-refractivity contribution in [3.8, 4) is 5.75 Å². The summed E-state index contributed by atoms with van der Waals surface area (Å²) in [6, 6.07) is 27.1. The molecule has 4 nitrogen and oxygen atoms in total. The standard InChI is InChI=1S/C30H36ClNO3S/c1-2-20-36(33,34)21-8-19-35-28-12-6-11-25(22-28)29(32-23-24-9-4-3-5-10-24)30(17-7-18-30)26-13-15-27(31)16-14-26/h3-6,9-16,22,29,32H,2,7-8,17-21,23H2,1H3. The maximum Gasteiger partial charge on any atom is 0.150 e. The van der Waals surface area contributed by atoms with E-state index < -0.39 is 9.84 Å². The van der Waals surface area contributed by atoms with Crippen LogP contribution < -0.4 is 10.1 Å². The fourth-order valence-corrected chi connectivity index (χ4v) is 6.71. The Bertz CT molecular complexity index is 1210. The van der Waals surface area contributed by atoms with Crippen molar-refractivity contribution >= 4 is 21.4 Å². The van der Waals surface area contributed by atoms with Crippen molar-refractivity contribution in [1.29, 1.82) is 0 Å². The largest absolute Gasteiger partial charge is 0.494 e. The van der Waals surface area contributed by atoms with Gasteiger partial charge in [0.1, 0.15) is 15.6 Å². The normalized spacial score (nSPS) is 15.7. The van der Waals surface area contributed by atoms with Gasteiger partial charge in [-0.3, -0.25) is 0 Å². The minimum absolute atomic E-state index is 0.0216. The summed E-state index contributed by atoms with van der Waals surface area (Å²) in [5, 5.41) is 4.62. The van der Waals surface area contributed by atoms with Gasteiger partial charge >= 0.3 is 0 Å². The number of hydrogen-bond acceptors (Lipinski definition) is 4. The second kappa shape index (κ2) is 12.3. The second-order valence-corrected chi connectivity index (χ2v) is 12.5. The first-order valence-corrected chi connectivity index (χ1v) is 15.1. The number of hydrogen-bond donors (Lipinski definition) is 1. The van der Waals surface area contributed by atoms with Crippen LogP contribution in [0.2, 0.25) is 5.02 Å². The lowest BCUT2D eigenvalue weighted by atomic mass is 9.58. The van der Waals surface area contributed by atoms with Crippen molar-refractivity contribution in [3.05, 3.63) is 101 Å². The minimum Gasteiger partial charge on any atom is -0.494 e. The Balaban J connectivity index is 1.55. The summed E-state index contributed by atoms with van der Waals surface area (Å²) in [4.78, 5) is 0. The zero-order chi connectivity index (χ0) is 25.4. The number of rotatable bonds is 13.